The average Bonchev–Trinajstić information content (AvgIpc) is 2.69. The van der Waals surface area contributed by atoms with Gasteiger partial charge in [0.05, 0.1) is 0 Å². The van der Waals surface area contributed by atoms with Gasteiger partial charge < -0.3 is 4.98 Å². The van der Waals surface area contributed by atoms with Crippen molar-refractivity contribution in [1.82, 2.24) is 19.9 Å². The van der Waals surface area contributed by atoms with Crippen molar-refractivity contribution >= 4 is 11.8 Å². The van der Waals surface area contributed by atoms with Gasteiger partial charge in [0.15, 0.2) is 5.16 Å². The molecule has 2 aromatic rings. The Hall–Kier alpha value is -1.36. The molecule has 78 valence electrons. The van der Waals surface area contributed by atoms with Gasteiger partial charge in [0.2, 0.25) is 0 Å². The molecule has 0 aliphatic heterocycles. The molecule has 0 saturated heterocycles. The monoisotopic (exact) mass is 220 g/mol. The summed E-state index contributed by atoms with van der Waals surface area (Å²) in [7, 11) is 0. The molecule has 2 rings (SSSR count). The van der Waals surface area contributed by atoms with Crippen LogP contribution in [0.5, 0.6) is 0 Å². The van der Waals surface area contributed by atoms with Crippen molar-refractivity contribution in [1.29, 1.82) is 0 Å². The summed E-state index contributed by atoms with van der Waals surface area (Å²) < 4.78 is 0. The first-order valence-corrected chi connectivity index (χ1v) is 5.61. The molecule has 0 aromatic carbocycles. The predicted molar refractivity (Wildman–Crippen MR) is 58.9 cm³/mol. The second kappa shape index (κ2) is 4.44. The van der Waals surface area contributed by atoms with Gasteiger partial charge >= 0.3 is 0 Å². The molecule has 0 unspecified atom stereocenters. The van der Waals surface area contributed by atoms with Crippen LogP contribution in [0.4, 0.5) is 0 Å². The van der Waals surface area contributed by atoms with Gasteiger partial charge in [-0.3, -0.25) is 0 Å². The van der Waals surface area contributed by atoms with Crippen LogP contribution in [0.3, 0.4) is 0 Å². The van der Waals surface area contributed by atoms with Crippen molar-refractivity contribution in [2.45, 2.75) is 30.5 Å². The third kappa shape index (κ3) is 2.56. The molecule has 2 aromatic heterocycles. The highest BCUT2D eigenvalue weighted by atomic mass is 32.2. The summed E-state index contributed by atoms with van der Waals surface area (Å²) in [5, 5.41) is 1.80. The first kappa shape index (κ1) is 10.2. The zero-order valence-electron chi connectivity index (χ0n) is 8.69. The minimum Gasteiger partial charge on any atom is -0.339 e. The van der Waals surface area contributed by atoms with E-state index in [4.69, 9.17) is 0 Å². The standard InChI is InChI=1S/C10H12N4S/c1-3-8-6-9(14-7(2)13-8)15-10-11-4-5-12-10/h4-6H,3H2,1-2H3,(H,11,12). The van der Waals surface area contributed by atoms with E-state index in [1.54, 1.807) is 12.4 Å². The van der Waals surface area contributed by atoms with Gasteiger partial charge in [0, 0.05) is 18.1 Å². The maximum Gasteiger partial charge on any atom is 0.171 e. The Labute approximate surface area is 92.6 Å². The molecular weight excluding hydrogens is 208 g/mol. The normalized spacial score (nSPS) is 10.5. The number of aryl methyl sites for hydroxylation is 2. The van der Waals surface area contributed by atoms with E-state index in [0.717, 1.165) is 28.1 Å². The van der Waals surface area contributed by atoms with E-state index in [1.165, 1.54) is 11.8 Å². The van der Waals surface area contributed by atoms with E-state index >= 15 is 0 Å². The highest BCUT2D eigenvalue weighted by Crippen LogP contribution is 2.22. The number of aromatic amines is 1. The van der Waals surface area contributed by atoms with Crippen molar-refractivity contribution in [3.63, 3.8) is 0 Å². The zero-order valence-corrected chi connectivity index (χ0v) is 9.51. The van der Waals surface area contributed by atoms with E-state index in [2.05, 4.69) is 26.9 Å². The van der Waals surface area contributed by atoms with Crippen molar-refractivity contribution in [2.24, 2.45) is 0 Å². The van der Waals surface area contributed by atoms with Crippen LogP contribution in [0.25, 0.3) is 0 Å². The number of nitrogens with one attached hydrogen (secondary N) is 1. The van der Waals surface area contributed by atoms with Gasteiger partial charge in [-0.05, 0) is 31.2 Å². The number of hydrogen-bond donors (Lipinski definition) is 1. The maximum atomic E-state index is 4.35. The summed E-state index contributed by atoms with van der Waals surface area (Å²) in [5.74, 6) is 0.809. The van der Waals surface area contributed by atoms with Crippen LogP contribution in [-0.4, -0.2) is 19.9 Å². The van der Waals surface area contributed by atoms with Crippen molar-refractivity contribution in [3.05, 3.63) is 30.0 Å². The quantitative estimate of drug-likeness (QED) is 0.806. The SMILES string of the molecule is CCc1cc(Sc2ncc[nH]2)nc(C)n1. The summed E-state index contributed by atoms with van der Waals surface area (Å²) >= 11 is 1.52. The number of H-pyrrole nitrogens is 1. The smallest absolute Gasteiger partial charge is 0.171 e. The molecule has 0 aliphatic carbocycles. The lowest BCUT2D eigenvalue weighted by Crippen LogP contribution is -1.95. The molecule has 0 bridgehead atoms. The number of nitrogens with zero attached hydrogens (tertiary/aromatic N) is 3. The second-order valence-electron chi connectivity index (χ2n) is 3.09. The fraction of sp³-hybridized carbons (Fsp3) is 0.300. The highest BCUT2D eigenvalue weighted by Gasteiger charge is 2.04. The number of aromatic nitrogens is 4. The molecule has 0 amide bonds. The lowest BCUT2D eigenvalue weighted by Gasteiger charge is -2.02. The molecular formula is C10H12N4S. The van der Waals surface area contributed by atoms with Crippen LogP contribution >= 0.6 is 11.8 Å². The summed E-state index contributed by atoms with van der Waals surface area (Å²) in [6, 6.07) is 2.00. The van der Waals surface area contributed by atoms with Crippen LogP contribution < -0.4 is 0 Å². The molecule has 0 atom stereocenters. The fourth-order valence-electron chi connectivity index (χ4n) is 1.24. The summed E-state index contributed by atoms with van der Waals surface area (Å²) in [4.78, 5) is 15.9. The van der Waals surface area contributed by atoms with Crippen molar-refractivity contribution in [2.75, 3.05) is 0 Å². The first-order valence-electron chi connectivity index (χ1n) is 4.79. The summed E-state index contributed by atoms with van der Waals surface area (Å²) in [6.45, 7) is 3.99. The topological polar surface area (TPSA) is 54.5 Å². The van der Waals surface area contributed by atoms with E-state index < -0.39 is 0 Å². The molecule has 0 aliphatic rings. The lowest BCUT2D eigenvalue weighted by atomic mass is 10.3. The van der Waals surface area contributed by atoms with E-state index in [9.17, 15) is 0 Å². The molecule has 0 saturated carbocycles. The molecule has 4 nitrogen and oxygen atoms in total. The Bertz CT molecular complexity index is 439. The summed E-state index contributed by atoms with van der Waals surface area (Å²) in [5.41, 5.74) is 1.07. The van der Waals surface area contributed by atoms with Gasteiger partial charge in [-0.25, -0.2) is 15.0 Å². The largest absolute Gasteiger partial charge is 0.339 e. The summed E-state index contributed by atoms with van der Waals surface area (Å²) in [6.07, 6.45) is 4.46. The molecule has 0 radical (unpaired) electrons. The minimum absolute atomic E-state index is 0.809. The van der Waals surface area contributed by atoms with Gasteiger partial charge in [0.1, 0.15) is 10.9 Å². The van der Waals surface area contributed by atoms with Gasteiger partial charge in [-0.15, -0.1) is 0 Å². The predicted octanol–water partition coefficient (Wildman–Crippen LogP) is 2.22. The molecule has 15 heavy (non-hydrogen) atoms. The third-order valence-electron chi connectivity index (χ3n) is 1.90. The van der Waals surface area contributed by atoms with E-state index in [0.29, 0.717) is 0 Å². The molecule has 2 heterocycles. The van der Waals surface area contributed by atoms with Crippen LogP contribution in [0.2, 0.25) is 0 Å². The van der Waals surface area contributed by atoms with Crippen LogP contribution in [-0.2, 0) is 6.42 Å². The van der Waals surface area contributed by atoms with Crippen molar-refractivity contribution in [3.8, 4) is 0 Å². The Morgan fingerprint density at radius 1 is 1.40 bits per heavy atom. The van der Waals surface area contributed by atoms with Gasteiger partial charge in [-0.2, -0.15) is 0 Å². The third-order valence-corrected chi connectivity index (χ3v) is 2.74. The van der Waals surface area contributed by atoms with Crippen LogP contribution in [0, 0.1) is 6.92 Å². The number of imidazole rings is 1. The molecule has 5 heteroatoms. The molecule has 1 N–H and O–H groups in total. The zero-order chi connectivity index (χ0) is 10.7. The Morgan fingerprint density at radius 3 is 2.93 bits per heavy atom. The minimum atomic E-state index is 0.809. The lowest BCUT2D eigenvalue weighted by molar-refractivity contribution is 0.893. The van der Waals surface area contributed by atoms with Crippen molar-refractivity contribution < 1.29 is 0 Å². The second-order valence-corrected chi connectivity index (χ2v) is 4.10. The highest BCUT2D eigenvalue weighted by molar-refractivity contribution is 7.99. The van der Waals surface area contributed by atoms with Gasteiger partial charge in [0.25, 0.3) is 0 Å². The molecule has 0 fully saturated rings. The van der Waals surface area contributed by atoms with Crippen LogP contribution in [0.1, 0.15) is 18.4 Å². The number of rotatable bonds is 3. The Kier molecular flexibility index (Phi) is 3.01. The maximum absolute atomic E-state index is 4.35. The van der Waals surface area contributed by atoms with Gasteiger partial charge in [-0.1, -0.05) is 6.92 Å². The Balaban J connectivity index is 2.24. The van der Waals surface area contributed by atoms with Crippen LogP contribution in [0.15, 0.2) is 28.6 Å². The number of hydrogen-bond acceptors (Lipinski definition) is 4. The Morgan fingerprint density at radius 2 is 2.27 bits per heavy atom. The van der Waals surface area contributed by atoms with E-state index in [1.807, 2.05) is 13.0 Å². The average molecular weight is 220 g/mol. The first-order chi connectivity index (χ1) is 7.28. The fourth-order valence-corrected chi connectivity index (χ4v) is 2.05. The van der Waals surface area contributed by atoms with E-state index in [-0.39, 0.29) is 0 Å². The molecule has 0 spiro atoms.